The van der Waals surface area contributed by atoms with E-state index in [1.807, 2.05) is 22.1 Å². The lowest BCUT2D eigenvalue weighted by atomic mass is 10.1. The van der Waals surface area contributed by atoms with Crippen LogP contribution in [0.15, 0.2) is 54.6 Å². The summed E-state index contributed by atoms with van der Waals surface area (Å²) in [6, 6.07) is 7.02. The number of fused-ring (bicyclic) bond motifs is 3. The van der Waals surface area contributed by atoms with Crippen LogP contribution in [0.1, 0.15) is 35.6 Å². The van der Waals surface area contributed by atoms with Gasteiger partial charge in [-0.1, -0.05) is 6.92 Å². The van der Waals surface area contributed by atoms with Crippen LogP contribution in [-0.4, -0.2) is 45.8 Å². The maximum absolute atomic E-state index is 11.6. The van der Waals surface area contributed by atoms with Gasteiger partial charge in [0.15, 0.2) is 17.5 Å². The van der Waals surface area contributed by atoms with E-state index in [1.54, 1.807) is 37.1 Å². The number of nitrogens with zero attached hydrogens (tertiary/aromatic N) is 8. The number of hydrogen-bond donors (Lipinski definition) is 2. The van der Waals surface area contributed by atoms with Crippen molar-refractivity contribution in [2.24, 2.45) is 5.73 Å². The van der Waals surface area contributed by atoms with Crippen molar-refractivity contribution in [3.05, 3.63) is 66.0 Å². The number of anilines is 2. The highest BCUT2D eigenvalue weighted by Crippen LogP contribution is 2.43. The Morgan fingerprint density at radius 2 is 2.06 bits per heavy atom. The minimum atomic E-state index is -0.475. The Bertz CT molecular complexity index is 1490. The van der Waals surface area contributed by atoms with Crippen molar-refractivity contribution in [1.29, 1.82) is 0 Å². The molecule has 0 saturated carbocycles. The smallest absolute Gasteiger partial charge is 0.248 e. The Morgan fingerprint density at radius 1 is 1.21 bits per heavy atom. The van der Waals surface area contributed by atoms with Crippen molar-refractivity contribution in [2.45, 2.75) is 19.4 Å². The van der Waals surface area contributed by atoms with Gasteiger partial charge >= 0.3 is 0 Å². The molecule has 1 atom stereocenters. The number of hydrogen-bond acceptors (Lipinski definition) is 9. The summed E-state index contributed by atoms with van der Waals surface area (Å²) in [5, 5.41) is 18.4. The van der Waals surface area contributed by atoms with E-state index in [4.69, 9.17) is 10.7 Å². The van der Waals surface area contributed by atoms with Gasteiger partial charge < -0.3 is 10.6 Å². The molecule has 5 aromatic rings. The van der Waals surface area contributed by atoms with E-state index >= 15 is 0 Å². The lowest BCUT2D eigenvalue weighted by Crippen LogP contribution is -2.32. The maximum atomic E-state index is 11.6. The molecule has 0 radical (unpaired) electrons. The Morgan fingerprint density at radius 3 is 2.79 bits per heavy atom. The summed E-state index contributed by atoms with van der Waals surface area (Å²) in [6.07, 6.45) is 7.64. The standard InChI is InChI=1S/C22H18N10OS/c1-2-15-21-30-27-11-31(21)16-10-25-19(14-9-26-29-17(14)22-24-7-8-34-22)28-20(16)32(15)13-5-3-12(4-6-13)18(23)33/h3-11,15H,2H2,1H3,(H2,23,33)(H,26,29). The average Bonchev–Trinajstić information content (AvgIpc) is 3.64. The zero-order chi connectivity index (χ0) is 23.2. The number of primary amides is 1. The quantitative estimate of drug-likeness (QED) is 0.398. The molecular weight excluding hydrogens is 452 g/mol. The number of aromatic nitrogens is 8. The molecule has 1 amide bonds. The molecule has 5 heterocycles. The second-order valence-electron chi connectivity index (χ2n) is 7.66. The molecule has 1 aromatic carbocycles. The fourth-order valence-corrected chi connectivity index (χ4v) is 4.83. The van der Waals surface area contributed by atoms with Crippen molar-refractivity contribution < 1.29 is 4.79 Å². The summed E-state index contributed by atoms with van der Waals surface area (Å²) in [5.41, 5.74) is 9.00. The van der Waals surface area contributed by atoms with E-state index in [0.717, 1.165) is 39.9 Å². The van der Waals surface area contributed by atoms with E-state index in [2.05, 4.69) is 42.2 Å². The number of amides is 1. The zero-order valence-electron chi connectivity index (χ0n) is 18.0. The molecule has 11 nitrogen and oxygen atoms in total. The van der Waals surface area contributed by atoms with Gasteiger partial charge in [-0.3, -0.25) is 14.5 Å². The lowest BCUT2D eigenvalue weighted by Gasteiger charge is -2.36. The molecule has 0 fully saturated rings. The largest absolute Gasteiger partial charge is 0.366 e. The maximum Gasteiger partial charge on any atom is 0.248 e. The molecule has 0 aliphatic carbocycles. The molecule has 6 rings (SSSR count). The summed E-state index contributed by atoms with van der Waals surface area (Å²) in [5.74, 6) is 1.53. The van der Waals surface area contributed by atoms with Crippen molar-refractivity contribution in [3.63, 3.8) is 0 Å². The molecule has 0 bridgehead atoms. The number of nitrogens with one attached hydrogen (secondary N) is 1. The Labute approximate surface area is 197 Å². The van der Waals surface area contributed by atoms with E-state index in [0.29, 0.717) is 17.2 Å². The van der Waals surface area contributed by atoms with Crippen LogP contribution in [0, 0.1) is 0 Å². The normalized spacial score (nSPS) is 14.6. The summed E-state index contributed by atoms with van der Waals surface area (Å²) < 4.78 is 1.92. The summed E-state index contributed by atoms with van der Waals surface area (Å²) in [4.78, 5) is 27.7. The first-order valence-corrected chi connectivity index (χ1v) is 11.4. The van der Waals surface area contributed by atoms with Crippen LogP contribution in [-0.2, 0) is 0 Å². The second kappa shape index (κ2) is 7.85. The first kappa shape index (κ1) is 20.2. The third-order valence-corrected chi connectivity index (χ3v) is 6.56. The SMILES string of the molecule is CCC1c2nncn2-c2cnc(-c3cn[nH]c3-c3nccs3)nc2N1c1ccc(C(N)=O)cc1. The number of carbonyl (C=O) groups excluding carboxylic acids is 1. The zero-order valence-corrected chi connectivity index (χ0v) is 18.8. The molecule has 168 valence electrons. The number of thiazole rings is 1. The Kier molecular flexibility index (Phi) is 4.66. The molecule has 3 N–H and O–H groups in total. The van der Waals surface area contributed by atoms with Gasteiger partial charge in [0.25, 0.3) is 0 Å². The van der Waals surface area contributed by atoms with Crippen LogP contribution >= 0.6 is 11.3 Å². The van der Waals surface area contributed by atoms with Crippen LogP contribution in [0.3, 0.4) is 0 Å². The average molecular weight is 471 g/mol. The van der Waals surface area contributed by atoms with Crippen molar-refractivity contribution in [2.75, 3.05) is 4.90 Å². The van der Waals surface area contributed by atoms with E-state index < -0.39 is 5.91 Å². The van der Waals surface area contributed by atoms with Gasteiger partial charge in [0.1, 0.15) is 22.7 Å². The van der Waals surface area contributed by atoms with Gasteiger partial charge in [-0.05, 0) is 30.7 Å². The molecule has 0 saturated heterocycles. The lowest BCUT2D eigenvalue weighted by molar-refractivity contribution is 0.100. The van der Waals surface area contributed by atoms with Crippen LogP contribution in [0.25, 0.3) is 27.8 Å². The highest BCUT2D eigenvalue weighted by molar-refractivity contribution is 7.13. The van der Waals surface area contributed by atoms with Crippen LogP contribution in [0.2, 0.25) is 0 Å². The summed E-state index contributed by atoms with van der Waals surface area (Å²) in [6.45, 7) is 2.08. The van der Waals surface area contributed by atoms with E-state index in [-0.39, 0.29) is 6.04 Å². The highest BCUT2D eigenvalue weighted by Gasteiger charge is 2.35. The predicted molar refractivity (Wildman–Crippen MR) is 126 cm³/mol. The fourth-order valence-electron chi connectivity index (χ4n) is 4.18. The number of H-pyrrole nitrogens is 1. The number of rotatable bonds is 5. The first-order chi connectivity index (χ1) is 16.7. The Hall–Kier alpha value is -4.45. The van der Waals surface area contributed by atoms with E-state index in [9.17, 15) is 4.79 Å². The topological polar surface area (TPSA) is 144 Å². The molecule has 1 unspecified atom stereocenters. The molecule has 12 heteroatoms. The number of carbonyl (C=O) groups is 1. The van der Waals surface area contributed by atoms with Crippen LogP contribution in [0.4, 0.5) is 11.5 Å². The number of aromatic amines is 1. The highest BCUT2D eigenvalue weighted by atomic mass is 32.1. The monoisotopic (exact) mass is 470 g/mol. The minimum Gasteiger partial charge on any atom is -0.366 e. The molecule has 34 heavy (non-hydrogen) atoms. The summed E-state index contributed by atoms with van der Waals surface area (Å²) >= 11 is 1.51. The molecule has 4 aromatic heterocycles. The van der Waals surface area contributed by atoms with Gasteiger partial charge in [-0.25, -0.2) is 15.0 Å². The van der Waals surface area contributed by atoms with Crippen LogP contribution < -0.4 is 10.6 Å². The van der Waals surface area contributed by atoms with Crippen LogP contribution in [0.5, 0.6) is 0 Å². The Balaban J connectivity index is 1.54. The van der Waals surface area contributed by atoms with Gasteiger partial charge in [-0.2, -0.15) is 5.10 Å². The van der Waals surface area contributed by atoms with E-state index in [1.165, 1.54) is 11.3 Å². The molecular formula is C22H18N10OS. The first-order valence-electron chi connectivity index (χ1n) is 10.6. The predicted octanol–water partition coefficient (Wildman–Crippen LogP) is 3.27. The van der Waals surface area contributed by atoms with Gasteiger partial charge in [-0.15, -0.1) is 21.5 Å². The molecule has 1 aliphatic heterocycles. The van der Waals surface area contributed by atoms with Crippen molar-refractivity contribution in [1.82, 2.24) is 39.9 Å². The van der Waals surface area contributed by atoms with Crippen molar-refractivity contribution in [3.8, 4) is 27.8 Å². The summed E-state index contributed by atoms with van der Waals surface area (Å²) in [7, 11) is 0. The van der Waals surface area contributed by atoms with Gasteiger partial charge in [0, 0.05) is 22.8 Å². The minimum absolute atomic E-state index is 0.125. The van der Waals surface area contributed by atoms with Crippen molar-refractivity contribution >= 4 is 28.7 Å². The van der Waals surface area contributed by atoms with Gasteiger partial charge in [0.2, 0.25) is 5.91 Å². The third kappa shape index (κ3) is 3.07. The molecule has 0 spiro atoms. The number of benzene rings is 1. The second-order valence-corrected chi connectivity index (χ2v) is 8.56. The number of nitrogens with two attached hydrogens (primary N) is 1. The molecule has 1 aliphatic rings. The fraction of sp³-hybridized carbons (Fsp3) is 0.136. The van der Waals surface area contributed by atoms with Gasteiger partial charge in [0.05, 0.1) is 24.0 Å². The third-order valence-electron chi connectivity index (χ3n) is 5.76.